The zero-order chi connectivity index (χ0) is 19.3. The van der Waals surface area contributed by atoms with Crippen molar-refractivity contribution in [3.05, 3.63) is 95.8 Å². The van der Waals surface area contributed by atoms with Crippen molar-refractivity contribution in [2.24, 2.45) is 0 Å². The van der Waals surface area contributed by atoms with Gasteiger partial charge in [0.1, 0.15) is 12.3 Å². The van der Waals surface area contributed by atoms with Gasteiger partial charge in [-0.3, -0.25) is 0 Å². The van der Waals surface area contributed by atoms with Crippen molar-refractivity contribution < 1.29 is 9.13 Å². The molecule has 138 valence electrons. The van der Waals surface area contributed by atoms with Gasteiger partial charge in [-0.05, 0) is 34.9 Å². The average molecular weight is 392 g/mol. The molecule has 2 heterocycles. The van der Waals surface area contributed by atoms with Crippen molar-refractivity contribution >= 4 is 11.6 Å². The highest BCUT2D eigenvalue weighted by Crippen LogP contribution is 2.27. The molecule has 0 N–H and O–H groups in total. The molecule has 2 aromatic heterocycles. The fourth-order valence-electron chi connectivity index (χ4n) is 2.76. The van der Waals surface area contributed by atoms with E-state index in [1.165, 1.54) is 0 Å². The first-order chi connectivity index (χ1) is 13.7. The molecule has 4 rings (SSSR count). The lowest BCUT2D eigenvalue weighted by molar-refractivity contribution is 0.294. The Bertz CT molecular complexity index is 1090. The number of ether oxygens (including phenoxy) is 1. The maximum absolute atomic E-state index is 14.1. The summed E-state index contributed by atoms with van der Waals surface area (Å²) in [6.07, 6.45) is 2.79. The lowest BCUT2D eigenvalue weighted by Crippen LogP contribution is -1.97. The molecule has 4 nitrogen and oxygen atoms in total. The van der Waals surface area contributed by atoms with Crippen molar-refractivity contribution in [1.29, 1.82) is 0 Å². The molecule has 0 atom stereocenters. The van der Waals surface area contributed by atoms with Crippen LogP contribution in [0.3, 0.4) is 0 Å². The number of rotatable bonds is 5. The fraction of sp³-hybridized carbons (Fsp3) is 0.0455. The summed E-state index contributed by atoms with van der Waals surface area (Å²) in [5.74, 6) is 0.0155. The third-order valence-corrected chi connectivity index (χ3v) is 4.33. The molecule has 0 unspecified atom stereocenters. The van der Waals surface area contributed by atoms with Crippen LogP contribution in [0, 0.1) is 5.82 Å². The molecule has 2 aromatic carbocycles. The van der Waals surface area contributed by atoms with E-state index < -0.39 is 5.82 Å². The number of hydrogen-bond donors (Lipinski definition) is 0. The number of pyridine rings is 1. The standard InChI is InChI=1S/C22H15ClFN3O/c23-22-26-13-19(24)21(27-22)17-8-4-7-16(11-17)18-9-10-20(25-12-18)28-14-15-5-2-1-3-6-15/h1-13H,14H2. The van der Waals surface area contributed by atoms with E-state index in [1.807, 2.05) is 60.7 Å². The first kappa shape index (κ1) is 18.1. The van der Waals surface area contributed by atoms with Gasteiger partial charge >= 0.3 is 0 Å². The second-order valence-corrected chi connectivity index (χ2v) is 6.41. The fourth-order valence-corrected chi connectivity index (χ4v) is 2.90. The number of hydrogen-bond acceptors (Lipinski definition) is 4. The third kappa shape index (κ3) is 4.15. The zero-order valence-corrected chi connectivity index (χ0v) is 15.5. The van der Waals surface area contributed by atoms with Gasteiger partial charge < -0.3 is 4.74 Å². The summed E-state index contributed by atoms with van der Waals surface area (Å²) in [5, 5.41) is 0.00314. The highest BCUT2D eigenvalue weighted by molar-refractivity contribution is 6.28. The number of nitrogens with zero attached hydrogens (tertiary/aromatic N) is 3. The monoisotopic (exact) mass is 391 g/mol. The predicted octanol–water partition coefficient (Wildman–Crippen LogP) is 5.58. The van der Waals surface area contributed by atoms with Crippen molar-refractivity contribution in [3.63, 3.8) is 0 Å². The van der Waals surface area contributed by atoms with Gasteiger partial charge in [0.05, 0.1) is 6.20 Å². The SMILES string of the molecule is Fc1cnc(Cl)nc1-c1cccc(-c2ccc(OCc3ccccc3)nc2)c1. The molecule has 0 bridgehead atoms. The van der Waals surface area contributed by atoms with Crippen LogP contribution in [0.15, 0.2) is 79.1 Å². The highest BCUT2D eigenvalue weighted by atomic mass is 35.5. The van der Waals surface area contributed by atoms with E-state index in [4.69, 9.17) is 16.3 Å². The van der Waals surface area contributed by atoms with Crippen molar-refractivity contribution in [3.8, 4) is 28.3 Å². The van der Waals surface area contributed by atoms with E-state index in [1.54, 1.807) is 12.3 Å². The van der Waals surface area contributed by atoms with E-state index in [-0.39, 0.29) is 11.0 Å². The Morgan fingerprint density at radius 3 is 2.43 bits per heavy atom. The molecule has 0 aliphatic rings. The van der Waals surface area contributed by atoms with Crippen LogP contribution in [-0.4, -0.2) is 15.0 Å². The molecule has 0 spiro atoms. The zero-order valence-electron chi connectivity index (χ0n) is 14.7. The molecular weight excluding hydrogens is 377 g/mol. The first-order valence-corrected chi connectivity index (χ1v) is 8.98. The largest absolute Gasteiger partial charge is 0.473 e. The molecule has 4 aromatic rings. The summed E-state index contributed by atoms with van der Waals surface area (Å²) in [7, 11) is 0. The summed E-state index contributed by atoms with van der Waals surface area (Å²) in [5.41, 5.74) is 3.62. The maximum atomic E-state index is 14.1. The van der Waals surface area contributed by atoms with Crippen molar-refractivity contribution in [2.45, 2.75) is 6.61 Å². The summed E-state index contributed by atoms with van der Waals surface area (Å²) in [6, 6.07) is 21.0. The minimum absolute atomic E-state index is 0.00314. The van der Waals surface area contributed by atoms with Crippen LogP contribution in [-0.2, 0) is 6.61 Å². The predicted molar refractivity (Wildman–Crippen MR) is 106 cm³/mol. The molecule has 0 aliphatic carbocycles. The lowest BCUT2D eigenvalue weighted by atomic mass is 10.0. The maximum Gasteiger partial charge on any atom is 0.223 e. The Labute approximate surface area is 166 Å². The van der Waals surface area contributed by atoms with Gasteiger partial charge in [0.15, 0.2) is 5.82 Å². The Kier molecular flexibility index (Phi) is 5.26. The number of aromatic nitrogens is 3. The van der Waals surface area contributed by atoms with E-state index in [0.717, 1.165) is 22.9 Å². The van der Waals surface area contributed by atoms with Gasteiger partial charge in [-0.25, -0.2) is 19.3 Å². The molecule has 0 amide bonds. The van der Waals surface area contributed by atoms with Crippen molar-refractivity contribution in [2.75, 3.05) is 0 Å². The van der Waals surface area contributed by atoms with Crippen LogP contribution >= 0.6 is 11.6 Å². The quantitative estimate of drug-likeness (QED) is 0.417. The van der Waals surface area contributed by atoms with Gasteiger partial charge in [0.25, 0.3) is 0 Å². The molecular formula is C22H15ClFN3O. The summed E-state index contributed by atoms with van der Waals surface area (Å²) in [4.78, 5) is 12.0. The number of halogens is 2. The van der Waals surface area contributed by atoms with Gasteiger partial charge in [0, 0.05) is 23.4 Å². The Hall–Kier alpha value is -3.31. The van der Waals surface area contributed by atoms with Crippen LogP contribution in [0.25, 0.3) is 22.4 Å². The molecule has 28 heavy (non-hydrogen) atoms. The van der Waals surface area contributed by atoms with E-state index in [9.17, 15) is 4.39 Å². The van der Waals surface area contributed by atoms with E-state index in [2.05, 4.69) is 15.0 Å². The van der Waals surface area contributed by atoms with Gasteiger partial charge in [-0.1, -0.05) is 48.5 Å². The van der Waals surface area contributed by atoms with Gasteiger partial charge in [0.2, 0.25) is 11.2 Å². The van der Waals surface area contributed by atoms with Gasteiger partial charge in [-0.2, -0.15) is 0 Å². The molecule has 0 saturated carbocycles. The molecule has 0 aliphatic heterocycles. The van der Waals surface area contributed by atoms with Crippen LogP contribution in [0.1, 0.15) is 5.56 Å². The molecule has 0 saturated heterocycles. The van der Waals surface area contributed by atoms with E-state index in [0.29, 0.717) is 18.1 Å². The normalized spacial score (nSPS) is 10.6. The topological polar surface area (TPSA) is 47.9 Å². The van der Waals surface area contributed by atoms with Crippen LogP contribution in [0.2, 0.25) is 5.28 Å². The summed E-state index contributed by atoms with van der Waals surface area (Å²) >= 11 is 5.80. The highest BCUT2D eigenvalue weighted by Gasteiger charge is 2.10. The number of benzene rings is 2. The lowest BCUT2D eigenvalue weighted by Gasteiger charge is -2.08. The van der Waals surface area contributed by atoms with Crippen LogP contribution in [0.4, 0.5) is 4.39 Å². The molecule has 0 radical (unpaired) electrons. The minimum atomic E-state index is -0.524. The minimum Gasteiger partial charge on any atom is -0.473 e. The average Bonchev–Trinajstić information content (AvgIpc) is 2.75. The van der Waals surface area contributed by atoms with Crippen LogP contribution < -0.4 is 4.74 Å². The van der Waals surface area contributed by atoms with Crippen LogP contribution in [0.5, 0.6) is 5.88 Å². The second kappa shape index (κ2) is 8.15. The molecule has 0 fully saturated rings. The van der Waals surface area contributed by atoms with Gasteiger partial charge in [-0.15, -0.1) is 0 Å². The third-order valence-electron chi connectivity index (χ3n) is 4.15. The second-order valence-electron chi connectivity index (χ2n) is 6.08. The first-order valence-electron chi connectivity index (χ1n) is 8.61. The Morgan fingerprint density at radius 2 is 1.64 bits per heavy atom. The Morgan fingerprint density at radius 1 is 0.821 bits per heavy atom. The van der Waals surface area contributed by atoms with E-state index >= 15 is 0 Å². The Balaban J connectivity index is 1.54. The smallest absolute Gasteiger partial charge is 0.223 e. The summed E-state index contributed by atoms with van der Waals surface area (Å²) in [6.45, 7) is 0.455. The summed E-state index contributed by atoms with van der Waals surface area (Å²) < 4.78 is 19.8. The van der Waals surface area contributed by atoms with Crippen molar-refractivity contribution in [1.82, 2.24) is 15.0 Å². The molecule has 6 heteroatoms.